The molecule has 1 aromatic carbocycles. The van der Waals surface area contributed by atoms with Crippen molar-refractivity contribution < 1.29 is 0 Å². The minimum Gasteiger partial charge on any atom is -0.0991 e. The quantitative estimate of drug-likeness (QED) is 0.707. The Morgan fingerprint density at radius 1 is 1.25 bits per heavy atom. The molecule has 0 aliphatic rings. The van der Waals surface area contributed by atoms with Crippen LogP contribution in [0.4, 0.5) is 0 Å². The second kappa shape index (κ2) is 4.63. The highest BCUT2D eigenvalue weighted by molar-refractivity contribution is 9.11. The van der Waals surface area contributed by atoms with Crippen LogP contribution >= 0.6 is 31.9 Å². The monoisotopic (exact) mass is 286 g/mol. The van der Waals surface area contributed by atoms with Gasteiger partial charge in [0.1, 0.15) is 0 Å². The lowest BCUT2D eigenvalue weighted by molar-refractivity contribution is 1.56. The maximum Gasteiger partial charge on any atom is 0.0258 e. The summed E-state index contributed by atoms with van der Waals surface area (Å²) in [6.45, 7) is 3.61. The molecule has 0 bridgehead atoms. The summed E-state index contributed by atoms with van der Waals surface area (Å²) in [6, 6.07) is 6.06. The van der Waals surface area contributed by atoms with Gasteiger partial charge in [-0.05, 0) is 17.7 Å². The lowest BCUT2D eigenvalue weighted by Crippen LogP contribution is -1.74. The van der Waals surface area contributed by atoms with Crippen LogP contribution in [-0.4, -0.2) is 0 Å². The van der Waals surface area contributed by atoms with Crippen LogP contribution in [0, 0.1) is 0 Å². The minimum absolute atomic E-state index is 1.07. The number of hydrogen-bond donors (Lipinski definition) is 0. The normalized spacial score (nSPS) is 10.5. The summed E-state index contributed by atoms with van der Waals surface area (Å²) in [4.78, 5) is 0. The first-order valence-electron chi connectivity index (χ1n) is 3.48. The molecule has 62 valence electrons. The van der Waals surface area contributed by atoms with E-state index in [1.54, 1.807) is 6.08 Å². The van der Waals surface area contributed by atoms with E-state index in [9.17, 15) is 0 Å². The molecule has 0 radical (unpaired) electrons. The van der Waals surface area contributed by atoms with Crippen molar-refractivity contribution in [1.82, 2.24) is 0 Å². The van der Waals surface area contributed by atoms with Gasteiger partial charge in [-0.2, -0.15) is 0 Å². The minimum atomic E-state index is 1.07. The third-order valence-electron chi connectivity index (χ3n) is 1.37. The number of halogens is 2. The highest BCUT2D eigenvalue weighted by atomic mass is 79.9. The molecule has 12 heavy (non-hydrogen) atoms. The zero-order valence-electron chi connectivity index (χ0n) is 6.43. The van der Waals surface area contributed by atoms with Crippen molar-refractivity contribution in [3.63, 3.8) is 0 Å². The predicted molar refractivity (Wildman–Crippen MR) is 61.1 cm³/mol. The van der Waals surface area contributed by atoms with Gasteiger partial charge in [0.05, 0.1) is 0 Å². The summed E-state index contributed by atoms with van der Waals surface area (Å²) < 4.78 is 2.15. The highest BCUT2D eigenvalue weighted by Gasteiger charge is 1.94. The molecule has 0 fully saturated rings. The van der Waals surface area contributed by atoms with Gasteiger partial charge < -0.3 is 0 Å². The summed E-state index contributed by atoms with van der Waals surface area (Å²) in [7, 11) is 0. The van der Waals surface area contributed by atoms with Crippen LogP contribution < -0.4 is 0 Å². The molecule has 0 aliphatic heterocycles. The molecule has 0 saturated carbocycles. The molecule has 0 atom stereocenters. The third-order valence-corrected chi connectivity index (χ3v) is 2.55. The van der Waals surface area contributed by atoms with Crippen LogP contribution in [0.3, 0.4) is 0 Å². The highest BCUT2D eigenvalue weighted by Crippen LogP contribution is 2.22. The van der Waals surface area contributed by atoms with Gasteiger partial charge in [-0.25, -0.2) is 0 Å². The number of allylic oxidation sites excluding steroid dienone is 2. The Morgan fingerprint density at radius 2 is 2.00 bits per heavy atom. The fraction of sp³-hybridized carbons (Fsp3) is 0. The van der Waals surface area contributed by atoms with Gasteiger partial charge >= 0.3 is 0 Å². The van der Waals surface area contributed by atoms with E-state index in [0.29, 0.717) is 0 Å². The van der Waals surface area contributed by atoms with E-state index >= 15 is 0 Å². The van der Waals surface area contributed by atoms with Crippen LogP contribution in [0.1, 0.15) is 5.56 Å². The van der Waals surface area contributed by atoms with Crippen molar-refractivity contribution in [2.75, 3.05) is 0 Å². The Morgan fingerprint density at radius 3 is 2.58 bits per heavy atom. The summed E-state index contributed by atoms with van der Waals surface area (Å²) >= 11 is 6.85. The van der Waals surface area contributed by atoms with Crippen molar-refractivity contribution in [3.8, 4) is 0 Å². The van der Waals surface area contributed by atoms with Gasteiger partial charge in [0.15, 0.2) is 0 Å². The van der Waals surface area contributed by atoms with Crippen LogP contribution in [0.5, 0.6) is 0 Å². The third kappa shape index (κ3) is 2.61. The Bertz CT molecular complexity index is 314. The second-order valence-corrected chi connectivity index (χ2v) is 4.03. The Hall–Kier alpha value is -0.340. The summed E-state index contributed by atoms with van der Waals surface area (Å²) in [5, 5.41) is 0. The molecule has 1 aromatic rings. The predicted octanol–water partition coefficient (Wildman–Crippen LogP) is 4.41. The molecule has 0 aromatic heterocycles. The van der Waals surface area contributed by atoms with Crippen LogP contribution in [0.15, 0.2) is 45.9 Å². The Balaban J connectivity index is 3.01. The topological polar surface area (TPSA) is 0 Å². The first-order chi connectivity index (χ1) is 5.74. The van der Waals surface area contributed by atoms with Gasteiger partial charge in [0.2, 0.25) is 0 Å². The molecule has 2 heteroatoms. The summed E-state index contributed by atoms with van der Waals surface area (Å²) in [6.07, 6.45) is 5.67. The largest absolute Gasteiger partial charge is 0.0991 e. The number of rotatable bonds is 2. The molecule has 0 heterocycles. The first-order valence-corrected chi connectivity index (χ1v) is 5.07. The zero-order chi connectivity index (χ0) is 8.97. The van der Waals surface area contributed by atoms with E-state index in [0.717, 1.165) is 14.5 Å². The van der Waals surface area contributed by atoms with Gasteiger partial charge in [0.25, 0.3) is 0 Å². The lowest BCUT2D eigenvalue weighted by atomic mass is 10.2. The Kier molecular flexibility index (Phi) is 3.76. The fourth-order valence-electron chi connectivity index (χ4n) is 0.808. The van der Waals surface area contributed by atoms with E-state index in [1.165, 1.54) is 0 Å². The van der Waals surface area contributed by atoms with Crippen molar-refractivity contribution in [1.29, 1.82) is 0 Å². The van der Waals surface area contributed by atoms with E-state index < -0.39 is 0 Å². The van der Waals surface area contributed by atoms with E-state index in [-0.39, 0.29) is 0 Å². The number of hydrogen-bond acceptors (Lipinski definition) is 0. The molecule has 1 rings (SSSR count). The van der Waals surface area contributed by atoms with Gasteiger partial charge in [-0.3, -0.25) is 0 Å². The summed E-state index contributed by atoms with van der Waals surface area (Å²) in [5.41, 5.74) is 1.15. The molecular weight excluding hydrogens is 280 g/mol. The molecule has 0 N–H and O–H groups in total. The molecule has 0 amide bonds. The standard InChI is InChI=1S/C10H8Br2/c1-2-3-4-8-5-6-9(11)7-10(8)12/h2-7H,1H2/b4-3+. The molecule has 0 nitrogen and oxygen atoms in total. The van der Waals surface area contributed by atoms with Crippen LogP contribution in [0.25, 0.3) is 6.08 Å². The second-order valence-electron chi connectivity index (χ2n) is 2.26. The molecule has 0 spiro atoms. The maximum atomic E-state index is 3.61. The average Bonchev–Trinajstić information content (AvgIpc) is 2.03. The molecule has 0 saturated heterocycles. The average molecular weight is 288 g/mol. The lowest BCUT2D eigenvalue weighted by Gasteiger charge is -1.97. The van der Waals surface area contributed by atoms with Crippen molar-refractivity contribution in [2.45, 2.75) is 0 Å². The van der Waals surface area contributed by atoms with Crippen LogP contribution in [0.2, 0.25) is 0 Å². The summed E-state index contributed by atoms with van der Waals surface area (Å²) in [5.74, 6) is 0. The van der Waals surface area contributed by atoms with Crippen molar-refractivity contribution >= 4 is 37.9 Å². The van der Waals surface area contributed by atoms with Crippen molar-refractivity contribution in [3.05, 3.63) is 51.4 Å². The van der Waals surface area contributed by atoms with E-state index in [1.807, 2.05) is 30.4 Å². The molecular formula is C10H8Br2. The van der Waals surface area contributed by atoms with E-state index in [4.69, 9.17) is 0 Å². The smallest absolute Gasteiger partial charge is 0.0258 e. The van der Waals surface area contributed by atoms with Gasteiger partial charge in [0, 0.05) is 8.95 Å². The van der Waals surface area contributed by atoms with Gasteiger partial charge in [-0.1, -0.05) is 62.7 Å². The molecule has 0 unspecified atom stereocenters. The number of benzene rings is 1. The fourth-order valence-corrected chi connectivity index (χ4v) is 1.99. The zero-order valence-corrected chi connectivity index (χ0v) is 9.60. The van der Waals surface area contributed by atoms with Crippen molar-refractivity contribution in [2.24, 2.45) is 0 Å². The van der Waals surface area contributed by atoms with Crippen LogP contribution in [-0.2, 0) is 0 Å². The van der Waals surface area contributed by atoms with E-state index in [2.05, 4.69) is 38.4 Å². The SMILES string of the molecule is C=C/C=C/c1ccc(Br)cc1Br. The Labute approximate surface area is 89.2 Å². The first kappa shape index (κ1) is 9.75. The molecule has 0 aliphatic carbocycles. The van der Waals surface area contributed by atoms with Gasteiger partial charge in [-0.15, -0.1) is 0 Å². The maximum absolute atomic E-state index is 3.61.